The Labute approximate surface area is 138 Å². The fourth-order valence-electron chi connectivity index (χ4n) is 2.41. The lowest BCUT2D eigenvalue weighted by Gasteiger charge is -2.10. The van der Waals surface area contributed by atoms with Crippen molar-refractivity contribution in [2.75, 3.05) is 11.9 Å². The quantitative estimate of drug-likeness (QED) is 0.749. The minimum absolute atomic E-state index is 0.130. The fraction of sp³-hybridized carbons (Fsp3) is 0.176. The Bertz CT molecular complexity index is 874. The van der Waals surface area contributed by atoms with E-state index in [2.05, 4.69) is 20.6 Å². The van der Waals surface area contributed by atoms with E-state index < -0.39 is 0 Å². The number of nitrogens with one attached hydrogen (secondary N) is 2. The molecule has 2 N–H and O–H groups in total. The molecule has 0 aliphatic rings. The molecule has 0 radical (unpaired) electrons. The Morgan fingerprint density at radius 2 is 2.08 bits per heavy atom. The number of imidazole rings is 1. The van der Waals surface area contributed by atoms with Crippen molar-refractivity contribution in [3.05, 3.63) is 54.6 Å². The molecule has 0 bridgehead atoms. The normalized spacial score (nSPS) is 10.5. The molecule has 0 saturated carbocycles. The maximum Gasteiger partial charge on any atom is 0.252 e. The highest BCUT2D eigenvalue weighted by atomic mass is 16.2. The summed E-state index contributed by atoms with van der Waals surface area (Å²) in [6.45, 7) is 2.51. The van der Waals surface area contributed by atoms with Gasteiger partial charge in [0.1, 0.15) is 12.4 Å². The third-order valence-corrected chi connectivity index (χ3v) is 3.45. The van der Waals surface area contributed by atoms with Crippen molar-refractivity contribution in [3.8, 4) is 0 Å². The number of rotatable bonds is 5. The summed E-state index contributed by atoms with van der Waals surface area (Å²) in [7, 11) is 0. The average molecular weight is 323 g/mol. The smallest absolute Gasteiger partial charge is 0.252 e. The van der Waals surface area contributed by atoms with Crippen molar-refractivity contribution >= 4 is 28.5 Å². The van der Waals surface area contributed by atoms with E-state index in [1.807, 2.05) is 31.2 Å². The number of fused-ring (bicyclic) bond motifs is 1. The number of hydrogen-bond acceptors (Lipinski definition) is 4. The van der Waals surface area contributed by atoms with E-state index in [1.54, 1.807) is 29.4 Å². The number of para-hydroxylation sites is 1. The second kappa shape index (κ2) is 6.91. The SMILES string of the molecule is CCNC(=O)c1cc(NC(=O)Cn2ccnc2)nc2ccccc12. The molecule has 24 heavy (non-hydrogen) atoms. The Morgan fingerprint density at radius 3 is 2.83 bits per heavy atom. The first-order valence-electron chi connectivity index (χ1n) is 7.61. The summed E-state index contributed by atoms with van der Waals surface area (Å²) in [5.74, 6) is -0.0843. The molecule has 1 aromatic carbocycles. The van der Waals surface area contributed by atoms with E-state index in [1.165, 1.54) is 0 Å². The highest BCUT2D eigenvalue weighted by Crippen LogP contribution is 2.20. The van der Waals surface area contributed by atoms with Gasteiger partial charge in [0.05, 0.1) is 17.4 Å². The Hall–Kier alpha value is -3.22. The van der Waals surface area contributed by atoms with Gasteiger partial charge in [-0.25, -0.2) is 9.97 Å². The summed E-state index contributed by atoms with van der Waals surface area (Å²) in [4.78, 5) is 32.7. The third kappa shape index (κ3) is 3.40. The standard InChI is InChI=1S/C17H17N5O2/c1-2-19-17(24)13-9-15(20-14-6-4-3-5-12(13)14)21-16(23)10-22-8-7-18-11-22/h3-9,11H,2,10H2,1H3,(H,19,24)(H,20,21,23). The van der Waals surface area contributed by atoms with Gasteiger partial charge in [0.2, 0.25) is 5.91 Å². The molecule has 0 spiro atoms. The number of anilines is 1. The van der Waals surface area contributed by atoms with E-state index in [9.17, 15) is 9.59 Å². The van der Waals surface area contributed by atoms with Gasteiger partial charge in [0.15, 0.2) is 0 Å². The molecule has 3 aromatic rings. The maximum atomic E-state index is 12.3. The summed E-state index contributed by atoms with van der Waals surface area (Å²) in [6, 6.07) is 8.94. The number of nitrogens with zero attached hydrogens (tertiary/aromatic N) is 3. The predicted molar refractivity (Wildman–Crippen MR) is 90.6 cm³/mol. The summed E-state index contributed by atoms with van der Waals surface area (Å²) in [5, 5.41) is 6.26. The van der Waals surface area contributed by atoms with Crippen LogP contribution in [0, 0.1) is 0 Å². The number of aromatic nitrogens is 3. The number of carbonyl (C=O) groups excluding carboxylic acids is 2. The van der Waals surface area contributed by atoms with Crippen LogP contribution in [0.25, 0.3) is 10.9 Å². The van der Waals surface area contributed by atoms with Crippen molar-refractivity contribution in [1.82, 2.24) is 19.9 Å². The summed E-state index contributed by atoms with van der Waals surface area (Å²) >= 11 is 0. The molecule has 7 heteroatoms. The Balaban J connectivity index is 1.90. The van der Waals surface area contributed by atoms with Crippen molar-refractivity contribution in [1.29, 1.82) is 0 Å². The number of benzene rings is 1. The van der Waals surface area contributed by atoms with Gasteiger partial charge in [-0.2, -0.15) is 0 Å². The maximum absolute atomic E-state index is 12.3. The summed E-state index contributed by atoms with van der Waals surface area (Å²) in [6.07, 6.45) is 4.87. The lowest BCUT2D eigenvalue weighted by molar-refractivity contribution is -0.116. The predicted octanol–water partition coefficient (Wildman–Crippen LogP) is 1.82. The average Bonchev–Trinajstić information content (AvgIpc) is 3.07. The molecule has 0 atom stereocenters. The van der Waals surface area contributed by atoms with Gasteiger partial charge < -0.3 is 15.2 Å². The van der Waals surface area contributed by atoms with Gasteiger partial charge in [0.25, 0.3) is 5.91 Å². The summed E-state index contributed by atoms with van der Waals surface area (Å²) in [5.41, 5.74) is 1.14. The zero-order valence-corrected chi connectivity index (χ0v) is 13.2. The van der Waals surface area contributed by atoms with Crippen LogP contribution in [0.1, 0.15) is 17.3 Å². The largest absolute Gasteiger partial charge is 0.352 e. The molecule has 7 nitrogen and oxygen atoms in total. The van der Waals surface area contributed by atoms with Crippen LogP contribution in [0.2, 0.25) is 0 Å². The number of pyridine rings is 1. The first-order chi connectivity index (χ1) is 11.7. The Morgan fingerprint density at radius 1 is 1.25 bits per heavy atom. The molecule has 0 aliphatic heterocycles. The van der Waals surface area contributed by atoms with Crippen molar-refractivity contribution in [2.24, 2.45) is 0 Å². The van der Waals surface area contributed by atoms with E-state index in [0.29, 0.717) is 23.4 Å². The molecule has 3 rings (SSSR count). The second-order valence-electron chi connectivity index (χ2n) is 5.21. The molecular weight excluding hydrogens is 306 g/mol. The van der Waals surface area contributed by atoms with Gasteiger partial charge in [-0.05, 0) is 19.1 Å². The molecule has 122 valence electrons. The third-order valence-electron chi connectivity index (χ3n) is 3.45. The highest BCUT2D eigenvalue weighted by Gasteiger charge is 2.13. The monoisotopic (exact) mass is 323 g/mol. The van der Waals surface area contributed by atoms with Crippen LogP contribution in [0.4, 0.5) is 5.82 Å². The lowest BCUT2D eigenvalue weighted by atomic mass is 10.1. The summed E-state index contributed by atoms with van der Waals surface area (Å²) < 4.78 is 1.65. The van der Waals surface area contributed by atoms with Gasteiger partial charge >= 0.3 is 0 Å². The van der Waals surface area contributed by atoms with E-state index in [4.69, 9.17) is 0 Å². The number of amides is 2. The van der Waals surface area contributed by atoms with E-state index in [0.717, 1.165) is 5.39 Å². The first-order valence-corrected chi connectivity index (χ1v) is 7.61. The van der Waals surface area contributed by atoms with Gasteiger partial charge in [-0.15, -0.1) is 0 Å². The van der Waals surface area contributed by atoms with Gasteiger partial charge in [-0.1, -0.05) is 18.2 Å². The molecule has 2 amide bonds. The number of carbonyl (C=O) groups is 2. The minimum atomic E-state index is -0.238. The van der Waals surface area contributed by atoms with Crippen molar-refractivity contribution in [3.63, 3.8) is 0 Å². The molecule has 2 aromatic heterocycles. The minimum Gasteiger partial charge on any atom is -0.352 e. The fourth-order valence-corrected chi connectivity index (χ4v) is 2.41. The molecular formula is C17H17N5O2. The zero-order chi connectivity index (χ0) is 16.9. The highest BCUT2D eigenvalue weighted by molar-refractivity contribution is 6.07. The zero-order valence-electron chi connectivity index (χ0n) is 13.2. The van der Waals surface area contributed by atoms with Crippen molar-refractivity contribution in [2.45, 2.75) is 13.5 Å². The molecule has 0 saturated heterocycles. The van der Waals surface area contributed by atoms with Gasteiger partial charge in [0, 0.05) is 24.3 Å². The van der Waals surface area contributed by atoms with Crippen LogP contribution in [0.5, 0.6) is 0 Å². The number of hydrogen-bond donors (Lipinski definition) is 2. The van der Waals surface area contributed by atoms with Crippen LogP contribution in [-0.2, 0) is 11.3 Å². The van der Waals surface area contributed by atoms with Crippen LogP contribution in [-0.4, -0.2) is 32.9 Å². The lowest BCUT2D eigenvalue weighted by Crippen LogP contribution is -2.24. The molecule has 0 aliphatic carbocycles. The van der Waals surface area contributed by atoms with Gasteiger partial charge in [-0.3, -0.25) is 9.59 Å². The van der Waals surface area contributed by atoms with E-state index in [-0.39, 0.29) is 18.4 Å². The van der Waals surface area contributed by atoms with Crippen molar-refractivity contribution < 1.29 is 9.59 Å². The second-order valence-corrected chi connectivity index (χ2v) is 5.21. The van der Waals surface area contributed by atoms with Crippen LogP contribution in [0.3, 0.4) is 0 Å². The van der Waals surface area contributed by atoms with E-state index >= 15 is 0 Å². The van der Waals surface area contributed by atoms with Crippen LogP contribution >= 0.6 is 0 Å². The van der Waals surface area contributed by atoms with Crippen LogP contribution in [0.15, 0.2) is 49.1 Å². The molecule has 0 unspecified atom stereocenters. The molecule has 2 heterocycles. The first kappa shape index (κ1) is 15.7. The Kier molecular flexibility index (Phi) is 4.51. The molecule has 0 fully saturated rings. The topological polar surface area (TPSA) is 88.9 Å². The van der Waals surface area contributed by atoms with Crippen LogP contribution < -0.4 is 10.6 Å².